The smallest absolute Gasteiger partial charge is 0.310 e. The third-order valence-corrected chi connectivity index (χ3v) is 4.50. The largest absolute Gasteiger partial charge is 0.469 e. The molecule has 0 aromatic carbocycles. The topological polar surface area (TPSA) is 53.1 Å². The number of hydrogen-bond acceptors (Lipinski definition) is 5. The summed E-state index contributed by atoms with van der Waals surface area (Å²) in [6.45, 7) is 6.97. The predicted octanol–water partition coefficient (Wildman–Crippen LogP) is 0.0355. The Bertz CT molecular complexity index is 367. The highest BCUT2D eigenvalue weighted by Gasteiger charge is 2.34. The molecule has 0 aliphatic carbocycles. The molecule has 2 fully saturated rings. The summed E-state index contributed by atoms with van der Waals surface area (Å²) in [5.74, 6) is -0.437. The van der Waals surface area contributed by atoms with Crippen LogP contribution >= 0.6 is 0 Å². The van der Waals surface area contributed by atoms with Gasteiger partial charge >= 0.3 is 5.97 Å². The maximum atomic E-state index is 11.8. The molecule has 0 aromatic heterocycles. The van der Waals surface area contributed by atoms with E-state index in [0.29, 0.717) is 13.0 Å². The van der Waals surface area contributed by atoms with Crippen LogP contribution in [0.25, 0.3) is 0 Å². The van der Waals surface area contributed by atoms with E-state index in [9.17, 15) is 9.59 Å². The highest BCUT2D eigenvalue weighted by atomic mass is 16.5. The molecule has 0 radical (unpaired) electrons. The van der Waals surface area contributed by atoms with E-state index >= 15 is 0 Å². The second-order valence-corrected chi connectivity index (χ2v) is 6.12. The molecule has 6 heteroatoms. The lowest BCUT2D eigenvalue weighted by molar-refractivity contribution is -0.145. The van der Waals surface area contributed by atoms with Crippen LogP contribution in [0.2, 0.25) is 0 Å². The lowest BCUT2D eigenvalue weighted by Crippen LogP contribution is -2.44. The van der Waals surface area contributed by atoms with Gasteiger partial charge in [-0.25, -0.2) is 0 Å². The predicted molar refractivity (Wildman–Crippen MR) is 79.9 cm³/mol. The first-order valence-corrected chi connectivity index (χ1v) is 7.86. The quantitative estimate of drug-likeness (QED) is 0.512. The van der Waals surface area contributed by atoms with E-state index in [1.165, 1.54) is 7.11 Å². The van der Waals surface area contributed by atoms with Crippen molar-refractivity contribution in [2.24, 2.45) is 5.92 Å². The summed E-state index contributed by atoms with van der Waals surface area (Å²) >= 11 is 0. The van der Waals surface area contributed by atoms with Crippen LogP contribution in [0.5, 0.6) is 0 Å². The number of likely N-dealkylation sites (N-methyl/N-ethyl adjacent to an activating group) is 1. The van der Waals surface area contributed by atoms with Crippen LogP contribution in [0.1, 0.15) is 19.3 Å². The fourth-order valence-corrected chi connectivity index (χ4v) is 3.02. The molecule has 21 heavy (non-hydrogen) atoms. The molecule has 120 valence electrons. The molecule has 2 aliphatic rings. The van der Waals surface area contributed by atoms with Gasteiger partial charge in [0, 0.05) is 45.7 Å². The third kappa shape index (κ3) is 4.68. The molecule has 0 bridgehead atoms. The number of nitrogens with zero attached hydrogens (tertiary/aromatic N) is 3. The fraction of sp³-hybridized carbons (Fsp3) is 0.867. The number of carbonyl (C=O) groups excluding carboxylic acids is 2. The summed E-state index contributed by atoms with van der Waals surface area (Å²) in [5.41, 5.74) is 0. The second-order valence-electron chi connectivity index (χ2n) is 6.12. The van der Waals surface area contributed by atoms with Crippen LogP contribution in [0.15, 0.2) is 0 Å². The van der Waals surface area contributed by atoms with E-state index in [1.807, 2.05) is 4.90 Å². The van der Waals surface area contributed by atoms with Crippen LogP contribution in [-0.2, 0) is 14.3 Å². The van der Waals surface area contributed by atoms with E-state index in [2.05, 4.69) is 16.8 Å². The fourth-order valence-electron chi connectivity index (χ4n) is 3.02. The van der Waals surface area contributed by atoms with Crippen molar-refractivity contribution in [1.82, 2.24) is 14.7 Å². The molecule has 1 atom stereocenters. The van der Waals surface area contributed by atoms with Gasteiger partial charge in [-0.2, -0.15) is 0 Å². The van der Waals surface area contributed by atoms with Gasteiger partial charge in [0.2, 0.25) is 5.91 Å². The lowest BCUT2D eigenvalue weighted by Gasteiger charge is -2.32. The third-order valence-electron chi connectivity index (χ3n) is 4.50. The van der Waals surface area contributed by atoms with Crippen LogP contribution in [0, 0.1) is 5.92 Å². The highest BCUT2D eigenvalue weighted by molar-refractivity contribution is 5.86. The zero-order valence-electron chi connectivity index (χ0n) is 13.2. The van der Waals surface area contributed by atoms with Gasteiger partial charge in [-0.1, -0.05) is 0 Å². The Labute approximate surface area is 127 Å². The zero-order chi connectivity index (χ0) is 15.2. The number of likely N-dealkylation sites (tertiary alicyclic amines) is 1. The number of ether oxygens (including phenoxy) is 1. The van der Waals surface area contributed by atoms with Crippen LogP contribution in [0.3, 0.4) is 0 Å². The standard InChI is InChI=1S/C15H27N3O3/c1-16-7-9-17(10-8-16)5-3-4-6-18-12-13(11-14(18)19)15(20)21-2/h13H,3-12H2,1-2H3. The summed E-state index contributed by atoms with van der Waals surface area (Å²) in [4.78, 5) is 29.9. The van der Waals surface area contributed by atoms with Crippen molar-refractivity contribution in [3.8, 4) is 0 Å². The minimum atomic E-state index is -0.264. The van der Waals surface area contributed by atoms with Crippen molar-refractivity contribution in [2.75, 3.05) is 60.0 Å². The first kappa shape index (κ1) is 16.2. The Morgan fingerprint density at radius 3 is 2.52 bits per heavy atom. The Morgan fingerprint density at radius 2 is 1.86 bits per heavy atom. The second kappa shape index (κ2) is 7.75. The normalized spacial score (nSPS) is 24.6. The van der Waals surface area contributed by atoms with E-state index in [4.69, 9.17) is 4.74 Å². The van der Waals surface area contributed by atoms with Crippen LogP contribution < -0.4 is 0 Å². The van der Waals surface area contributed by atoms with Gasteiger partial charge in [-0.3, -0.25) is 9.59 Å². The molecule has 2 saturated heterocycles. The van der Waals surface area contributed by atoms with E-state index in [1.54, 1.807) is 0 Å². The first-order valence-electron chi connectivity index (χ1n) is 7.86. The van der Waals surface area contributed by atoms with Crippen LogP contribution in [-0.4, -0.2) is 86.5 Å². The van der Waals surface area contributed by atoms with Crippen molar-refractivity contribution < 1.29 is 14.3 Å². The number of methoxy groups -OCH3 is 1. The molecule has 2 heterocycles. The van der Waals surface area contributed by atoms with Gasteiger partial charge in [0.15, 0.2) is 0 Å². The van der Waals surface area contributed by atoms with E-state index in [-0.39, 0.29) is 17.8 Å². The molecule has 2 aliphatic heterocycles. The average Bonchev–Trinajstić information content (AvgIpc) is 2.86. The number of hydrogen-bond donors (Lipinski definition) is 0. The molecule has 1 amide bonds. The summed E-state index contributed by atoms with van der Waals surface area (Å²) in [6.07, 6.45) is 2.42. The SMILES string of the molecule is COC(=O)C1CC(=O)N(CCCCN2CCN(C)CC2)C1. The molecular formula is C15H27N3O3. The maximum absolute atomic E-state index is 11.8. The number of esters is 1. The summed E-state index contributed by atoms with van der Waals surface area (Å²) in [7, 11) is 3.54. The Hall–Kier alpha value is -1.14. The first-order chi connectivity index (χ1) is 10.1. The van der Waals surface area contributed by atoms with Crippen molar-refractivity contribution in [3.05, 3.63) is 0 Å². The van der Waals surface area contributed by atoms with Crippen molar-refractivity contribution in [3.63, 3.8) is 0 Å². The number of amides is 1. The van der Waals surface area contributed by atoms with Crippen molar-refractivity contribution >= 4 is 11.9 Å². The Morgan fingerprint density at radius 1 is 1.19 bits per heavy atom. The van der Waals surface area contributed by atoms with Gasteiger partial charge < -0.3 is 19.4 Å². The summed E-state index contributed by atoms with van der Waals surface area (Å²) < 4.78 is 4.72. The maximum Gasteiger partial charge on any atom is 0.310 e. The summed E-state index contributed by atoms with van der Waals surface area (Å²) in [5, 5.41) is 0. The van der Waals surface area contributed by atoms with Gasteiger partial charge in [-0.05, 0) is 26.4 Å². The number of rotatable bonds is 6. The molecule has 1 unspecified atom stereocenters. The number of piperazine rings is 1. The molecule has 6 nitrogen and oxygen atoms in total. The molecule has 0 spiro atoms. The number of carbonyl (C=O) groups is 2. The summed E-state index contributed by atoms with van der Waals surface area (Å²) in [6, 6.07) is 0. The molecule has 0 saturated carbocycles. The lowest BCUT2D eigenvalue weighted by atomic mass is 10.1. The number of unbranched alkanes of at least 4 members (excludes halogenated alkanes) is 1. The van der Waals surface area contributed by atoms with Crippen molar-refractivity contribution in [2.45, 2.75) is 19.3 Å². The highest BCUT2D eigenvalue weighted by Crippen LogP contribution is 2.19. The van der Waals surface area contributed by atoms with Gasteiger partial charge in [0.05, 0.1) is 13.0 Å². The van der Waals surface area contributed by atoms with Gasteiger partial charge in [0.25, 0.3) is 0 Å². The molecule has 0 N–H and O–H groups in total. The minimum Gasteiger partial charge on any atom is -0.469 e. The minimum absolute atomic E-state index is 0.0880. The van der Waals surface area contributed by atoms with E-state index < -0.39 is 0 Å². The Kier molecular flexibility index (Phi) is 5.99. The Balaban J connectivity index is 1.60. The molecule has 2 rings (SSSR count). The van der Waals surface area contributed by atoms with E-state index in [0.717, 1.165) is 52.1 Å². The zero-order valence-corrected chi connectivity index (χ0v) is 13.2. The van der Waals surface area contributed by atoms with Crippen LogP contribution in [0.4, 0.5) is 0 Å². The average molecular weight is 297 g/mol. The van der Waals surface area contributed by atoms with Gasteiger partial charge in [-0.15, -0.1) is 0 Å². The molecule has 0 aromatic rings. The van der Waals surface area contributed by atoms with Crippen molar-refractivity contribution in [1.29, 1.82) is 0 Å². The molecular weight excluding hydrogens is 270 g/mol. The van der Waals surface area contributed by atoms with Gasteiger partial charge in [0.1, 0.15) is 0 Å². The monoisotopic (exact) mass is 297 g/mol.